The van der Waals surface area contributed by atoms with Crippen LogP contribution < -0.4 is 5.73 Å². The number of nitrogens with zero attached hydrogens (tertiary/aromatic N) is 2. The number of fused-ring (bicyclic) bond motifs is 1. The van der Waals surface area contributed by atoms with Gasteiger partial charge in [-0.15, -0.1) is 0 Å². The Morgan fingerprint density at radius 3 is 2.82 bits per heavy atom. The fourth-order valence-corrected chi connectivity index (χ4v) is 3.03. The number of hydrogen-bond donors (Lipinski definition) is 1. The van der Waals surface area contributed by atoms with Crippen molar-refractivity contribution in [2.45, 2.75) is 45.2 Å². The molecule has 0 saturated carbocycles. The van der Waals surface area contributed by atoms with Gasteiger partial charge in [-0.1, -0.05) is 13.8 Å². The largest absolute Gasteiger partial charge is 0.338 e. The molecule has 2 saturated heterocycles. The molecule has 2 atom stereocenters. The van der Waals surface area contributed by atoms with Gasteiger partial charge in [-0.25, -0.2) is 0 Å². The summed E-state index contributed by atoms with van der Waals surface area (Å²) >= 11 is 0. The molecule has 2 aliphatic heterocycles. The van der Waals surface area contributed by atoms with Gasteiger partial charge in [-0.2, -0.15) is 0 Å². The van der Waals surface area contributed by atoms with Crippen molar-refractivity contribution in [3.8, 4) is 0 Å². The molecule has 0 aromatic heterocycles. The highest BCUT2D eigenvalue weighted by molar-refractivity contribution is 5.81. The first-order chi connectivity index (χ1) is 8.08. The normalized spacial score (nSPS) is 27.3. The Labute approximate surface area is 104 Å². The molecule has 2 aliphatic rings. The quantitative estimate of drug-likeness (QED) is 0.787. The standard InChI is InChI=1S/C13H25N3O/c1-10(2)8-12(14)13(17)16-7-6-15-5-3-4-11(15)9-16/h10-12H,3-9,14H2,1-2H3. The van der Waals surface area contributed by atoms with E-state index in [-0.39, 0.29) is 11.9 Å². The monoisotopic (exact) mass is 239 g/mol. The topological polar surface area (TPSA) is 49.6 Å². The molecule has 0 aromatic carbocycles. The maximum absolute atomic E-state index is 12.2. The molecule has 4 nitrogen and oxygen atoms in total. The summed E-state index contributed by atoms with van der Waals surface area (Å²) in [4.78, 5) is 16.7. The lowest BCUT2D eigenvalue weighted by atomic mass is 10.0. The number of carbonyl (C=O) groups excluding carboxylic acids is 1. The van der Waals surface area contributed by atoms with Gasteiger partial charge < -0.3 is 10.6 Å². The van der Waals surface area contributed by atoms with E-state index in [0.717, 1.165) is 26.1 Å². The molecule has 2 rings (SSSR count). The first kappa shape index (κ1) is 12.8. The number of rotatable bonds is 3. The zero-order valence-electron chi connectivity index (χ0n) is 11.1. The van der Waals surface area contributed by atoms with Crippen LogP contribution in [0.4, 0.5) is 0 Å². The molecule has 0 bridgehead atoms. The van der Waals surface area contributed by atoms with Gasteiger partial charge in [-0.3, -0.25) is 9.69 Å². The van der Waals surface area contributed by atoms with E-state index in [2.05, 4.69) is 18.7 Å². The van der Waals surface area contributed by atoms with Crippen LogP contribution in [-0.2, 0) is 4.79 Å². The lowest BCUT2D eigenvalue weighted by molar-refractivity contribution is -0.135. The van der Waals surface area contributed by atoms with Crippen LogP contribution in [0, 0.1) is 5.92 Å². The summed E-state index contributed by atoms with van der Waals surface area (Å²) in [5, 5.41) is 0. The van der Waals surface area contributed by atoms with Gasteiger partial charge in [-0.05, 0) is 31.7 Å². The molecule has 2 N–H and O–H groups in total. The number of amides is 1. The van der Waals surface area contributed by atoms with Crippen molar-refractivity contribution in [2.24, 2.45) is 11.7 Å². The molecular weight excluding hydrogens is 214 g/mol. The fraction of sp³-hybridized carbons (Fsp3) is 0.923. The Morgan fingerprint density at radius 1 is 1.35 bits per heavy atom. The molecule has 2 fully saturated rings. The van der Waals surface area contributed by atoms with E-state index in [1.54, 1.807) is 0 Å². The van der Waals surface area contributed by atoms with Gasteiger partial charge >= 0.3 is 0 Å². The molecule has 98 valence electrons. The summed E-state index contributed by atoms with van der Waals surface area (Å²) < 4.78 is 0. The van der Waals surface area contributed by atoms with Gasteiger partial charge in [0.1, 0.15) is 0 Å². The molecule has 2 heterocycles. The minimum atomic E-state index is -0.303. The van der Waals surface area contributed by atoms with E-state index in [4.69, 9.17) is 5.73 Å². The molecular formula is C13H25N3O. The van der Waals surface area contributed by atoms with Crippen LogP contribution in [0.5, 0.6) is 0 Å². The summed E-state index contributed by atoms with van der Waals surface area (Å²) in [6.45, 7) is 8.23. The van der Waals surface area contributed by atoms with E-state index in [0.29, 0.717) is 12.0 Å². The second-order valence-corrected chi connectivity index (χ2v) is 5.85. The summed E-state index contributed by atoms with van der Waals surface area (Å²) in [5.41, 5.74) is 5.98. The highest BCUT2D eigenvalue weighted by Gasteiger charge is 2.33. The molecule has 4 heteroatoms. The van der Waals surface area contributed by atoms with Gasteiger partial charge in [0.25, 0.3) is 0 Å². The minimum absolute atomic E-state index is 0.158. The lowest BCUT2D eigenvalue weighted by Gasteiger charge is -2.38. The van der Waals surface area contributed by atoms with Crippen molar-refractivity contribution in [1.29, 1.82) is 0 Å². The summed E-state index contributed by atoms with van der Waals surface area (Å²) in [7, 11) is 0. The highest BCUT2D eigenvalue weighted by Crippen LogP contribution is 2.22. The second-order valence-electron chi connectivity index (χ2n) is 5.85. The Bertz CT molecular complexity index is 280. The van der Waals surface area contributed by atoms with E-state index in [1.807, 2.05) is 4.90 Å². The van der Waals surface area contributed by atoms with Gasteiger partial charge in [0.2, 0.25) is 5.91 Å². The van der Waals surface area contributed by atoms with Crippen molar-refractivity contribution in [3.63, 3.8) is 0 Å². The predicted molar refractivity (Wildman–Crippen MR) is 68.6 cm³/mol. The van der Waals surface area contributed by atoms with Crippen LogP contribution in [-0.4, -0.2) is 54.0 Å². The molecule has 0 aliphatic carbocycles. The van der Waals surface area contributed by atoms with Crippen LogP contribution >= 0.6 is 0 Å². The minimum Gasteiger partial charge on any atom is -0.338 e. The van der Waals surface area contributed by atoms with Crippen molar-refractivity contribution < 1.29 is 4.79 Å². The Hall–Kier alpha value is -0.610. The highest BCUT2D eigenvalue weighted by atomic mass is 16.2. The van der Waals surface area contributed by atoms with Gasteiger partial charge in [0.05, 0.1) is 6.04 Å². The first-order valence-corrected chi connectivity index (χ1v) is 6.86. The zero-order valence-corrected chi connectivity index (χ0v) is 11.1. The SMILES string of the molecule is CC(C)CC(N)C(=O)N1CCN2CCCC2C1. The van der Waals surface area contributed by atoms with Gasteiger partial charge in [0.15, 0.2) is 0 Å². The smallest absolute Gasteiger partial charge is 0.239 e. The van der Waals surface area contributed by atoms with Crippen molar-refractivity contribution in [1.82, 2.24) is 9.80 Å². The van der Waals surface area contributed by atoms with E-state index < -0.39 is 0 Å². The number of nitrogens with two attached hydrogens (primary N) is 1. The van der Waals surface area contributed by atoms with E-state index in [9.17, 15) is 4.79 Å². The Kier molecular flexibility index (Phi) is 4.05. The van der Waals surface area contributed by atoms with E-state index in [1.165, 1.54) is 19.4 Å². The fourth-order valence-electron chi connectivity index (χ4n) is 3.03. The molecule has 17 heavy (non-hydrogen) atoms. The summed E-state index contributed by atoms with van der Waals surface area (Å²) in [6, 6.07) is 0.293. The van der Waals surface area contributed by atoms with E-state index >= 15 is 0 Å². The summed E-state index contributed by atoms with van der Waals surface area (Å²) in [6.07, 6.45) is 3.32. The maximum Gasteiger partial charge on any atom is 0.239 e. The third-order valence-corrected chi connectivity index (χ3v) is 3.94. The zero-order chi connectivity index (χ0) is 12.4. The number of hydrogen-bond acceptors (Lipinski definition) is 3. The molecule has 2 unspecified atom stereocenters. The predicted octanol–water partition coefficient (Wildman–Crippen LogP) is 0.666. The van der Waals surface area contributed by atoms with Crippen LogP contribution in [0.3, 0.4) is 0 Å². The van der Waals surface area contributed by atoms with Crippen molar-refractivity contribution >= 4 is 5.91 Å². The average Bonchev–Trinajstić information content (AvgIpc) is 2.73. The molecule has 0 spiro atoms. The maximum atomic E-state index is 12.2. The Morgan fingerprint density at radius 2 is 2.12 bits per heavy atom. The second kappa shape index (κ2) is 5.36. The molecule has 0 radical (unpaired) electrons. The van der Waals surface area contributed by atoms with Crippen LogP contribution in [0.15, 0.2) is 0 Å². The first-order valence-electron chi connectivity index (χ1n) is 6.86. The van der Waals surface area contributed by atoms with Gasteiger partial charge in [0, 0.05) is 25.7 Å². The third kappa shape index (κ3) is 2.99. The molecule has 1 amide bonds. The third-order valence-electron chi connectivity index (χ3n) is 3.94. The number of carbonyl (C=O) groups is 1. The number of piperazine rings is 1. The van der Waals surface area contributed by atoms with Crippen molar-refractivity contribution in [3.05, 3.63) is 0 Å². The average molecular weight is 239 g/mol. The Balaban J connectivity index is 1.87. The molecule has 0 aromatic rings. The van der Waals surface area contributed by atoms with Crippen molar-refractivity contribution in [2.75, 3.05) is 26.2 Å². The van der Waals surface area contributed by atoms with Crippen LogP contribution in [0.1, 0.15) is 33.1 Å². The summed E-state index contributed by atoms with van der Waals surface area (Å²) in [5.74, 6) is 0.645. The lowest BCUT2D eigenvalue weighted by Crippen LogP contribution is -2.55. The van der Waals surface area contributed by atoms with Crippen LogP contribution in [0.25, 0.3) is 0 Å². The van der Waals surface area contributed by atoms with Crippen LogP contribution in [0.2, 0.25) is 0 Å².